The Bertz CT molecular complexity index is 709. The number of rotatable bonds is 7. The van der Waals surface area contributed by atoms with E-state index in [1.54, 1.807) is 12.1 Å². The fourth-order valence-electron chi connectivity index (χ4n) is 1.96. The summed E-state index contributed by atoms with van der Waals surface area (Å²) in [6.07, 6.45) is 1.02. The highest BCUT2D eigenvalue weighted by Crippen LogP contribution is 2.20. The Morgan fingerprint density at radius 2 is 2.04 bits per heavy atom. The Labute approximate surface area is 146 Å². The molecular weight excluding hydrogens is 331 g/mol. The lowest BCUT2D eigenvalue weighted by Crippen LogP contribution is -2.21. The molecule has 1 amide bonds. The van der Waals surface area contributed by atoms with Gasteiger partial charge in [-0.2, -0.15) is 0 Å². The van der Waals surface area contributed by atoms with E-state index < -0.39 is 5.82 Å². The van der Waals surface area contributed by atoms with Crippen molar-refractivity contribution < 1.29 is 13.9 Å². The molecular formula is C18H20ClFN2O2. The van der Waals surface area contributed by atoms with Gasteiger partial charge in [-0.25, -0.2) is 4.39 Å². The average molecular weight is 351 g/mol. The molecule has 0 aliphatic rings. The van der Waals surface area contributed by atoms with E-state index in [4.69, 9.17) is 16.3 Å². The zero-order valence-electron chi connectivity index (χ0n) is 13.6. The molecule has 1 unspecified atom stereocenters. The summed E-state index contributed by atoms with van der Waals surface area (Å²) in [5, 5.41) is 5.69. The van der Waals surface area contributed by atoms with Gasteiger partial charge in [0.15, 0.2) is 0 Å². The monoisotopic (exact) mass is 350 g/mol. The summed E-state index contributed by atoms with van der Waals surface area (Å²) in [6.45, 7) is 4.07. The minimum atomic E-state index is -0.496. The van der Waals surface area contributed by atoms with Gasteiger partial charge >= 0.3 is 0 Å². The predicted molar refractivity (Wildman–Crippen MR) is 95.4 cm³/mol. The van der Waals surface area contributed by atoms with E-state index in [1.807, 2.05) is 26.0 Å². The Morgan fingerprint density at radius 1 is 1.25 bits per heavy atom. The number of hydrogen-bond donors (Lipinski definition) is 2. The van der Waals surface area contributed by atoms with Gasteiger partial charge in [-0.3, -0.25) is 4.79 Å². The molecule has 2 aromatic rings. The number of ether oxygens (including phenoxy) is 1. The SMILES string of the molecule is CCC(C)Oc1cccc(NC(=O)CNc2ccc(F)c(Cl)c2)c1. The summed E-state index contributed by atoms with van der Waals surface area (Å²) >= 11 is 5.70. The average Bonchev–Trinajstić information content (AvgIpc) is 2.56. The third kappa shape index (κ3) is 5.42. The largest absolute Gasteiger partial charge is 0.491 e. The van der Waals surface area contributed by atoms with Gasteiger partial charge in [0.25, 0.3) is 0 Å². The van der Waals surface area contributed by atoms with E-state index in [0.717, 1.165) is 6.42 Å². The lowest BCUT2D eigenvalue weighted by molar-refractivity contribution is -0.114. The Morgan fingerprint density at radius 3 is 2.75 bits per heavy atom. The Hall–Kier alpha value is -2.27. The quantitative estimate of drug-likeness (QED) is 0.760. The summed E-state index contributed by atoms with van der Waals surface area (Å²) in [6, 6.07) is 11.4. The zero-order valence-corrected chi connectivity index (χ0v) is 14.4. The maximum atomic E-state index is 13.1. The standard InChI is InChI=1S/C18H20ClFN2O2/c1-3-12(2)24-15-6-4-5-14(9-15)22-18(23)11-21-13-7-8-17(20)16(19)10-13/h4-10,12,21H,3,11H2,1-2H3,(H,22,23). The molecule has 0 saturated carbocycles. The van der Waals surface area contributed by atoms with Crippen molar-refractivity contribution in [1.82, 2.24) is 0 Å². The second-order valence-electron chi connectivity index (χ2n) is 5.40. The molecule has 0 aromatic heterocycles. The normalized spacial score (nSPS) is 11.7. The van der Waals surface area contributed by atoms with E-state index in [9.17, 15) is 9.18 Å². The molecule has 0 spiro atoms. The summed E-state index contributed by atoms with van der Waals surface area (Å²) in [7, 11) is 0. The van der Waals surface area contributed by atoms with Crippen molar-refractivity contribution in [3.8, 4) is 5.75 Å². The molecule has 2 aromatic carbocycles. The van der Waals surface area contributed by atoms with E-state index in [1.165, 1.54) is 18.2 Å². The summed E-state index contributed by atoms with van der Waals surface area (Å²) < 4.78 is 18.8. The van der Waals surface area contributed by atoms with Crippen molar-refractivity contribution >= 4 is 28.9 Å². The molecule has 4 nitrogen and oxygen atoms in total. The molecule has 0 heterocycles. The highest BCUT2D eigenvalue weighted by atomic mass is 35.5. The number of amides is 1. The first-order valence-electron chi connectivity index (χ1n) is 7.73. The van der Waals surface area contributed by atoms with Crippen LogP contribution in [0.1, 0.15) is 20.3 Å². The van der Waals surface area contributed by atoms with Gasteiger partial charge in [0.2, 0.25) is 5.91 Å². The van der Waals surface area contributed by atoms with Crippen LogP contribution < -0.4 is 15.4 Å². The summed E-state index contributed by atoms with van der Waals surface area (Å²) in [5.74, 6) is -0.0126. The molecule has 0 aliphatic heterocycles. The van der Waals surface area contributed by atoms with Gasteiger partial charge in [-0.05, 0) is 43.7 Å². The van der Waals surface area contributed by atoms with Gasteiger partial charge in [-0.15, -0.1) is 0 Å². The molecule has 0 aliphatic carbocycles. The summed E-state index contributed by atoms with van der Waals surface area (Å²) in [5.41, 5.74) is 1.23. The molecule has 2 N–H and O–H groups in total. The third-order valence-corrected chi connectivity index (χ3v) is 3.69. The summed E-state index contributed by atoms with van der Waals surface area (Å²) in [4.78, 5) is 12.0. The van der Waals surface area contributed by atoms with Gasteiger partial charge in [0.1, 0.15) is 11.6 Å². The van der Waals surface area contributed by atoms with Gasteiger partial charge in [0, 0.05) is 17.4 Å². The van der Waals surface area contributed by atoms with Crippen molar-refractivity contribution in [2.45, 2.75) is 26.4 Å². The molecule has 0 radical (unpaired) electrons. The van der Waals surface area contributed by atoms with Crippen molar-refractivity contribution in [2.24, 2.45) is 0 Å². The number of benzene rings is 2. The predicted octanol–water partition coefficient (Wildman–Crippen LogP) is 4.71. The van der Waals surface area contributed by atoms with Crippen LogP contribution in [-0.2, 0) is 4.79 Å². The van der Waals surface area contributed by atoms with E-state index in [2.05, 4.69) is 10.6 Å². The lowest BCUT2D eigenvalue weighted by Gasteiger charge is -2.14. The van der Waals surface area contributed by atoms with Crippen molar-refractivity contribution in [3.63, 3.8) is 0 Å². The number of nitrogens with one attached hydrogen (secondary N) is 2. The number of hydrogen-bond acceptors (Lipinski definition) is 3. The van der Waals surface area contributed by atoms with Crippen LogP contribution in [0.3, 0.4) is 0 Å². The first-order chi connectivity index (χ1) is 11.5. The van der Waals surface area contributed by atoms with Crippen LogP contribution >= 0.6 is 11.6 Å². The number of halogens is 2. The van der Waals surface area contributed by atoms with Crippen LogP contribution in [0, 0.1) is 5.82 Å². The highest BCUT2D eigenvalue weighted by molar-refractivity contribution is 6.31. The van der Waals surface area contributed by atoms with Crippen LogP contribution in [0.2, 0.25) is 5.02 Å². The smallest absolute Gasteiger partial charge is 0.243 e. The fraction of sp³-hybridized carbons (Fsp3) is 0.278. The number of carbonyl (C=O) groups excluding carboxylic acids is 1. The van der Waals surface area contributed by atoms with E-state index in [-0.39, 0.29) is 23.6 Å². The zero-order chi connectivity index (χ0) is 17.5. The first-order valence-corrected chi connectivity index (χ1v) is 8.11. The molecule has 0 fully saturated rings. The minimum absolute atomic E-state index is 0.00954. The number of carbonyl (C=O) groups is 1. The Balaban J connectivity index is 1.90. The second kappa shape index (κ2) is 8.55. The molecule has 6 heteroatoms. The van der Waals surface area contributed by atoms with E-state index in [0.29, 0.717) is 17.1 Å². The maximum Gasteiger partial charge on any atom is 0.243 e. The van der Waals surface area contributed by atoms with Crippen molar-refractivity contribution in [2.75, 3.05) is 17.2 Å². The highest BCUT2D eigenvalue weighted by Gasteiger charge is 2.06. The van der Waals surface area contributed by atoms with Crippen molar-refractivity contribution in [1.29, 1.82) is 0 Å². The topological polar surface area (TPSA) is 50.4 Å². The van der Waals surface area contributed by atoms with Crippen LogP contribution in [0.5, 0.6) is 5.75 Å². The third-order valence-electron chi connectivity index (χ3n) is 3.40. The second-order valence-corrected chi connectivity index (χ2v) is 5.80. The molecule has 128 valence electrons. The lowest BCUT2D eigenvalue weighted by atomic mass is 10.2. The van der Waals surface area contributed by atoms with E-state index >= 15 is 0 Å². The van der Waals surface area contributed by atoms with Crippen LogP contribution in [-0.4, -0.2) is 18.6 Å². The van der Waals surface area contributed by atoms with Gasteiger partial charge < -0.3 is 15.4 Å². The Kier molecular flexibility index (Phi) is 6.44. The fourth-order valence-corrected chi connectivity index (χ4v) is 2.14. The van der Waals surface area contributed by atoms with Crippen LogP contribution in [0.4, 0.5) is 15.8 Å². The molecule has 1 atom stereocenters. The molecule has 24 heavy (non-hydrogen) atoms. The van der Waals surface area contributed by atoms with Gasteiger partial charge in [0.05, 0.1) is 17.7 Å². The number of anilines is 2. The molecule has 0 bridgehead atoms. The van der Waals surface area contributed by atoms with Crippen LogP contribution in [0.15, 0.2) is 42.5 Å². The van der Waals surface area contributed by atoms with Crippen molar-refractivity contribution in [3.05, 3.63) is 53.3 Å². The maximum absolute atomic E-state index is 13.1. The van der Waals surface area contributed by atoms with Gasteiger partial charge in [-0.1, -0.05) is 24.6 Å². The molecule has 2 rings (SSSR count). The van der Waals surface area contributed by atoms with Crippen LogP contribution in [0.25, 0.3) is 0 Å². The molecule has 0 saturated heterocycles. The first kappa shape index (κ1) is 18.1. The minimum Gasteiger partial charge on any atom is -0.491 e.